The van der Waals surface area contributed by atoms with Gasteiger partial charge in [-0.25, -0.2) is 8.42 Å². The molecule has 0 radical (unpaired) electrons. The van der Waals surface area contributed by atoms with Gasteiger partial charge in [0.15, 0.2) is 0 Å². The van der Waals surface area contributed by atoms with Crippen molar-refractivity contribution in [2.75, 3.05) is 18.4 Å². The average Bonchev–Trinajstić information content (AvgIpc) is 3.21. The first-order chi connectivity index (χ1) is 11.4. The van der Waals surface area contributed by atoms with Crippen molar-refractivity contribution in [1.82, 2.24) is 4.31 Å². The van der Waals surface area contributed by atoms with Gasteiger partial charge >= 0.3 is 0 Å². The summed E-state index contributed by atoms with van der Waals surface area (Å²) in [5.41, 5.74) is 0.658. The van der Waals surface area contributed by atoms with Gasteiger partial charge in [-0.05, 0) is 49.2 Å². The quantitative estimate of drug-likeness (QED) is 0.859. The number of thiophene rings is 1. The molecular formula is C16H17ClN2O3S2. The number of carbonyl (C=O) groups is 1. The molecule has 0 saturated carbocycles. The average molecular weight is 385 g/mol. The maximum Gasteiger partial charge on any atom is 0.252 e. The van der Waals surface area contributed by atoms with Crippen LogP contribution in [0.4, 0.5) is 5.69 Å². The Kier molecular flexibility index (Phi) is 5.24. The summed E-state index contributed by atoms with van der Waals surface area (Å²) in [5.74, 6) is -0.190. The molecule has 0 unspecified atom stereocenters. The zero-order chi connectivity index (χ0) is 17.2. The molecule has 0 bridgehead atoms. The molecule has 1 aliphatic heterocycles. The molecule has 1 saturated heterocycles. The van der Waals surface area contributed by atoms with Gasteiger partial charge in [0.25, 0.3) is 10.0 Å². The van der Waals surface area contributed by atoms with Crippen LogP contribution in [0.2, 0.25) is 5.02 Å². The molecule has 0 spiro atoms. The van der Waals surface area contributed by atoms with E-state index in [9.17, 15) is 13.2 Å². The highest BCUT2D eigenvalue weighted by molar-refractivity contribution is 7.91. The minimum atomic E-state index is -3.41. The van der Waals surface area contributed by atoms with Crippen LogP contribution in [-0.2, 0) is 21.2 Å². The zero-order valence-electron chi connectivity index (χ0n) is 12.9. The highest BCUT2D eigenvalue weighted by atomic mass is 35.5. The lowest BCUT2D eigenvalue weighted by Crippen LogP contribution is -2.27. The minimum Gasteiger partial charge on any atom is -0.326 e. The van der Waals surface area contributed by atoms with Crippen LogP contribution >= 0.6 is 22.9 Å². The molecule has 1 fully saturated rings. The van der Waals surface area contributed by atoms with Crippen molar-refractivity contribution >= 4 is 44.6 Å². The lowest BCUT2D eigenvalue weighted by atomic mass is 10.3. The first-order valence-corrected chi connectivity index (χ1v) is 10.2. The van der Waals surface area contributed by atoms with Gasteiger partial charge in [-0.1, -0.05) is 11.6 Å². The molecule has 1 amide bonds. The Balaban J connectivity index is 1.65. The van der Waals surface area contributed by atoms with E-state index in [0.717, 1.165) is 29.1 Å². The number of anilines is 1. The van der Waals surface area contributed by atoms with Crippen molar-refractivity contribution in [2.45, 2.75) is 23.5 Å². The zero-order valence-corrected chi connectivity index (χ0v) is 15.3. The van der Waals surface area contributed by atoms with Crippen LogP contribution in [0.3, 0.4) is 0 Å². The van der Waals surface area contributed by atoms with Crippen molar-refractivity contribution in [2.24, 2.45) is 0 Å². The molecule has 3 rings (SSSR count). The van der Waals surface area contributed by atoms with E-state index in [0.29, 0.717) is 28.0 Å². The van der Waals surface area contributed by atoms with Gasteiger partial charge < -0.3 is 5.32 Å². The summed E-state index contributed by atoms with van der Waals surface area (Å²) < 4.78 is 26.8. The van der Waals surface area contributed by atoms with Crippen LogP contribution < -0.4 is 5.32 Å². The van der Waals surface area contributed by atoms with E-state index in [2.05, 4.69) is 5.32 Å². The van der Waals surface area contributed by atoms with Gasteiger partial charge in [0.2, 0.25) is 5.91 Å². The SMILES string of the molecule is O=C(Cc1ccc(S(=O)(=O)N2CCCC2)s1)Nc1ccc(Cl)cc1. The predicted octanol–water partition coefficient (Wildman–Crippen LogP) is 3.37. The fraction of sp³-hybridized carbons (Fsp3) is 0.312. The normalized spacial score (nSPS) is 15.5. The van der Waals surface area contributed by atoms with Crippen molar-refractivity contribution in [3.05, 3.63) is 46.3 Å². The Morgan fingerprint density at radius 1 is 1.12 bits per heavy atom. The maximum absolute atomic E-state index is 12.5. The van der Waals surface area contributed by atoms with Crippen LogP contribution in [0.15, 0.2) is 40.6 Å². The standard InChI is InChI=1S/C16H17ClN2O3S2/c17-12-3-5-13(6-4-12)18-15(20)11-14-7-8-16(23-14)24(21,22)19-9-1-2-10-19/h3-8H,1-2,9-11H2,(H,18,20). The topological polar surface area (TPSA) is 66.5 Å². The molecule has 2 aromatic rings. The van der Waals surface area contributed by atoms with Gasteiger partial charge in [0, 0.05) is 28.7 Å². The Hall–Kier alpha value is -1.41. The molecule has 5 nitrogen and oxygen atoms in total. The number of nitrogens with zero attached hydrogens (tertiary/aromatic N) is 1. The summed E-state index contributed by atoms with van der Waals surface area (Å²) in [5, 5.41) is 3.37. The second kappa shape index (κ2) is 7.23. The molecule has 1 aromatic carbocycles. The largest absolute Gasteiger partial charge is 0.326 e. The fourth-order valence-electron chi connectivity index (χ4n) is 2.54. The summed E-state index contributed by atoms with van der Waals surface area (Å²) in [7, 11) is -3.41. The van der Waals surface area contributed by atoms with E-state index in [-0.39, 0.29) is 12.3 Å². The van der Waals surface area contributed by atoms with E-state index in [1.165, 1.54) is 4.31 Å². The van der Waals surface area contributed by atoms with Crippen molar-refractivity contribution in [3.63, 3.8) is 0 Å². The van der Waals surface area contributed by atoms with Gasteiger partial charge in [0.1, 0.15) is 4.21 Å². The molecule has 1 N–H and O–H groups in total. The van der Waals surface area contributed by atoms with Gasteiger partial charge in [-0.3, -0.25) is 4.79 Å². The molecule has 24 heavy (non-hydrogen) atoms. The third kappa shape index (κ3) is 3.97. The van der Waals surface area contributed by atoms with Crippen molar-refractivity contribution < 1.29 is 13.2 Å². The van der Waals surface area contributed by atoms with E-state index >= 15 is 0 Å². The molecule has 0 aliphatic carbocycles. The van der Waals surface area contributed by atoms with Gasteiger partial charge in [-0.2, -0.15) is 4.31 Å². The lowest BCUT2D eigenvalue weighted by Gasteiger charge is -2.13. The Morgan fingerprint density at radius 3 is 2.46 bits per heavy atom. The number of hydrogen-bond donors (Lipinski definition) is 1. The first kappa shape index (κ1) is 17.4. The molecule has 1 aromatic heterocycles. The summed E-state index contributed by atoms with van der Waals surface area (Å²) in [6.45, 7) is 1.15. The second-order valence-electron chi connectivity index (χ2n) is 5.56. The van der Waals surface area contributed by atoms with Crippen molar-refractivity contribution in [3.8, 4) is 0 Å². The third-order valence-electron chi connectivity index (χ3n) is 3.76. The van der Waals surface area contributed by atoms with E-state index in [1.54, 1.807) is 36.4 Å². The number of hydrogen-bond acceptors (Lipinski definition) is 4. The number of benzene rings is 1. The highest BCUT2D eigenvalue weighted by Crippen LogP contribution is 2.27. The van der Waals surface area contributed by atoms with Crippen LogP contribution in [-0.4, -0.2) is 31.7 Å². The molecule has 0 atom stereocenters. The van der Waals surface area contributed by atoms with Crippen LogP contribution in [0.1, 0.15) is 17.7 Å². The van der Waals surface area contributed by atoms with E-state index in [1.807, 2.05) is 0 Å². The summed E-state index contributed by atoms with van der Waals surface area (Å²) in [6, 6.07) is 10.1. The second-order valence-corrected chi connectivity index (χ2v) is 9.33. The monoisotopic (exact) mass is 384 g/mol. The lowest BCUT2D eigenvalue weighted by molar-refractivity contribution is -0.115. The number of carbonyl (C=O) groups excluding carboxylic acids is 1. The number of halogens is 1. The Labute approximate surface area is 150 Å². The number of rotatable bonds is 5. The molecule has 128 valence electrons. The summed E-state index contributed by atoms with van der Waals surface area (Å²) in [4.78, 5) is 12.8. The minimum absolute atomic E-state index is 0.142. The van der Waals surface area contributed by atoms with E-state index in [4.69, 9.17) is 11.6 Å². The molecular weight excluding hydrogens is 368 g/mol. The fourth-order valence-corrected chi connectivity index (χ4v) is 5.70. The number of sulfonamides is 1. The molecule has 8 heteroatoms. The third-order valence-corrected chi connectivity index (χ3v) is 7.46. The van der Waals surface area contributed by atoms with Crippen LogP contribution in [0.25, 0.3) is 0 Å². The smallest absolute Gasteiger partial charge is 0.252 e. The summed E-state index contributed by atoms with van der Waals surface area (Å²) in [6.07, 6.45) is 1.95. The van der Waals surface area contributed by atoms with E-state index < -0.39 is 10.0 Å². The number of nitrogens with one attached hydrogen (secondary N) is 1. The van der Waals surface area contributed by atoms with Gasteiger partial charge in [-0.15, -0.1) is 11.3 Å². The molecule has 1 aliphatic rings. The van der Waals surface area contributed by atoms with Gasteiger partial charge in [0.05, 0.1) is 6.42 Å². The number of amides is 1. The van der Waals surface area contributed by atoms with Crippen LogP contribution in [0, 0.1) is 0 Å². The first-order valence-electron chi connectivity index (χ1n) is 7.59. The maximum atomic E-state index is 12.5. The summed E-state index contributed by atoms with van der Waals surface area (Å²) >= 11 is 6.96. The highest BCUT2D eigenvalue weighted by Gasteiger charge is 2.28. The Morgan fingerprint density at radius 2 is 1.79 bits per heavy atom. The predicted molar refractivity (Wildman–Crippen MR) is 96.1 cm³/mol. The Bertz CT molecular complexity index is 825. The van der Waals surface area contributed by atoms with Crippen LogP contribution in [0.5, 0.6) is 0 Å². The van der Waals surface area contributed by atoms with Crippen molar-refractivity contribution in [1.29, 1.82) is 0 Å². The molecule has 2 heterocycles.